The molecule has 1 aromatic carbocycles. The number of aromatic nitrogens is 1. The van der Waals surface area contributed by atoms with Crippen molar-refractivity contribution in [3.8, 4) is 17.0 Å². The minimum atomic E-state index is 0.321. The van der Waals surface area contributed by atoms with Crippen molar-refractivity contribution in [1.29, 1.82) is 0 Å². The highest BCUT2D eigenvalue weighted by atomic mass is 16.5. The molecule has 0 radical (unpaired) electrons. The molecule has 1 aromatic heterocycles. The van der Waals surface area contributed by atoms with E-state index in [0.717, 1.165) is 29.2 Å². The van der Waals surface area contributed by atoms with Crippen LogP contribution in [0, 0.1) is 12.8 Å². The molecule has 0 bridgehead atoms. The highest BCUT2D eigenvalue weighted by Gasteiger charge is 2.19. The zero-order valence-electron chi connectivity index (χ0n) is 11.1. The molecule has 0 atom stereocenters. The quantitative estimate of drug-likeness (QED) is 0.912. The molecule has 2 aromatic rings. The predicted octanol–water partition coefficient (Wildman–Crippen LogP) is 3.41. The fourth-order valence-corrected chi connectivity index (χ4v) is 2.25. The molecule has 2 N–H and O–H groups in total. The van der Waals surface area contributed by atoms with E-state index >= 15 is 0 Å². The molecule has 0 amide bonds. The monoisotopic (exact) mass is 258 g/mol. The molecule has 1 saturated carbocycles. The molecule has 1 aliphatic rings. The molecule has 19 heavy (non-hydrogen) atoms. The number of ether oxygens (including phenoxy) is 1. The van der Waals surface area contributed by atoms with Crippen molar-refractivity contribution >= 4 is 5.88 Å². The topological polar surface area (TPSA) is 61.3 Å². The summed E-state index contributed by atoms with van der Waals surface area (Å²) in [5.41, 5.74) is 8.42. The highest BCUT2D eigenvalue weighted by molar-refractivity contribution is 5.69. The van der Waals surface area contributed by atoms with Crippen LogP contribution in [0.5, 0.6) is 5.75 Å². The van der Waals surface area contributed by atoms with Gasteiger partial charge in [0.25, 0.3) is 0 Å². The number of benzene rings is 1. The van der Waals surface area contributed by atoms with Gasteiger partial charge in [-0.2, -0.15) is 0 Å². The lowest BCUT2D eigenvalue weighted by atomic mass is 9.86. The predicted molar refractivity (Wildman–Crippen MR) is 73.9 cm³/mol. The second-order valence-electron chi connectivity index (χ2n) is 5.22. The third-order valence-electron chi connectivity index (χ3n) is 3.64. The molecule has 1 heterocycles. The van der Waals surface area contributed by atoms with Gasteiger partial charge in [0.1, 0.15) is 11.4 Å². The number of aryl methyl sites for hydroxylation is 1. The third-order valence-corrected chi connectivity index (χ3v) is 3.64. The fraction of sp³-hybridized carbons (Fsp3) is 0.400. The molecular weight excluding hydrogens is 240 g/mol. The van der Waals surface area contributed by atoms with Gasteiger partial charge >= 0.3 is 0 Å². The SMILES string of the molecule is Cc1ccc(OCC2CCC2)c(-c2cc(N)on2)c1. The molecule has 4 nitrogen and oxygen atoms in total. The number of anilines is 1. The van der Waals surface area contributed by atoms with Crippen LogP contribution < -0.4 is 10.5 Å². The maximum Gasteiger partial charge on any atom is 0.222 e. The Labute approximate surface area is 112 Å². The second kappa shape index (κ2) is 4.96. The third kappa shape index (κ3) is 2.57. The molecule has 0 aliphatic heterocycles. The molecule has 0 spiro atoms. The van der Waals surface area contributed by atoms with Crippen LogP contribution in [0.2, 0.25) is 0 Å². The van der Waals surface area contributed by atoms with Crippen LogP contribution in [0.4, 0.5) is 5.88 Å². The van der Waals surface area contributed by atoms with Crippen molar-refractivity contribution in [3.05, 3.63) is 29.8 Å². The maximum atomic E-state index is 5.94. The van der Waals surface area contributed by atoms with E-state index < -0.39 is 0 Å². The van der Waals surface area contributed by atoms with Gasteiger partial charge in [-0.1, -0.05) is 23.2 Å². The van der Waals surface area contributed by atoms with E-state index in [0.29, 0.717) is 11.8 Å². The van der Waals surface area contributed by atoms with Crippen molar-refractivity contribution in [2.75, 3.05) is 12.3 Å². The Morgan fingerprint density at radius 1 is 1.37 bits per heavy atom. The summed E-state index contributed by atoms with van der Waals surface area (Å²) in [6.45, 7) is 2.83. The second-order valence-corrected chi connectivity index (χ2v) is 5.22. The Kier molecular flexibility index (Phi) is 3.15. The van der Waals surface area contributed by atoms with Crippen LogP contribution in [0.3, 0.4) is 0 Å². The zero-order valence-corrected chi connectivity index (χ0v) is 11.1. The van der Waals surface area contributed by atoms with Gasteiger partial charge in [0.05, 0.1) is 6.61 Å². The molecule has 4 heteroatoms. The summed E-state index contributed by atoms with van der Waals surface area (Å²) in [6.07, 6.45) is 3.88. The first kappa shape index (κ1) is 12.1. The van der Waals surface area contributed by atoms with E-state index in [9.17, 15) is 0 Å². The van der Waals surface area contributed by atoms with E-state index in [-0.39, 0.29) is 0 Å². The molecule has 1 aliphatic carbocycles. The number of hydrogen-bond acceptors (Lipinski definition) is 4. The number of nitrogens with zero attached hydrogens (tertiary/aromatic N) is 1. The van der Waals surface area contributed by atoms with Crippen LogP contribution in [-0.2, 0) is 0 Å². The van der Waals surface area contributed by atoms with Crippen LogP contribution >= 0.6 is 0 Å². The first-order chi connectivity index (χ1) is 9.22. The van der Waals surface area contributed by atoms with Crippen LogP contribution in [-0.4, -0.2) is 11.8 Å². The van der Waals surface area contributed by atoms with E-state index in [2.05, 4.69) is 5.16 Å². The van der Waals surface area contributed by atoms with Crippen molar-refractivity contribution in [3.63, 3.8) is 0 Å². The average Bonchev–Trinajstić information content (AvgIpc) is 2.75. The van der Waals surface area contributed by atoms with E-state index in [4.69, 9.17) is 15.0 Å². The van der Waals surface area contributed by atoms with Crippen molar-refractivity contribution in [2.45, 2.75) is 26.2 Å². The Morgan fingerprint density at radius 2 is 2.21 bits per heavy atom. The van der Waals surface area contributed by atoms with Crippen LogP contribution in [0.15, 0.2) is 28.8 Å². The van der Waals surface area contributed by atoms with E-state index in [1.165, 1.54) is 19.3 Å². The number of nitrogens with two attached hydrogens (primary N) is 1. The maximum absolute atomic E-state index is 5.94. The molecule has 1 fully saturated rings. The average molecular weight is 258 g/mol. The van der Waals surface area contributed by atoms with E-state index in [1.54, 1.807) is 6.07 Å². The van der Waals surface area contributed by atoms with Gasteiger partial charge in [0.2, 0.25) is 5.88 Å². The summed E-state index contributed by atoms with van der Waals surface area (Å²) < 4.78 is 10.9. The van der Waals surface area contributed by atoms with Crippen LogP contribution in [0.1, 0.15) is 24.8 Å². The summed E-state index contributed by atoms with van der Waals surface area (Å²) in [5, 5.41) is 3.97. The molecule has 100 valence electrons. The minimum Gasteiger partial charge on any atom is -0.493 e. The molecule has 0 saturated heterocycles. The standard InChI is InChI=1S/C15H18N2O2/c1-10-5-6-14(18-9-11-3-2-4-11)12(7-10)13-8-15(16)19-17-13/h5-8,11H,2-4,9,16H2,1H3. The van der Waals surface area contributed by atoms with Crippen molar-refractivity contribution in [2.24, 2.45) is 5.92 Å². The highest BCUT2D eigenvalue weighted by Crippen LogP contribution is 2.33. The Morgan fingerprint density at radius 3 is 2.84 bits per heavy atom. The normalized spacial score (nSPS) is 15.2. The number of rotatable bonds is 4. The van der Waals surface area contributed by atoms with Gasteiger partial charge in [-0.15, -0.1) is 0 Å². The summed E-state index contributed by atoms with van der Waals surface area (Å²) in [5.74, 6) is 1.88. The van der Waals surface area contributed by atoms with Gasteiger partial charge in [-0.3, -0.25) is 0 Å². The van der Waals surface area contributed by atoms with Gasteiger partial charge < -0.3 is 15.0 Å². The van der Waals surface area contributed by atoms with Crippen molar-refractivity contribution < 1.29 is 9.26 Å². The largest absolute Gasteiger partial charge is 0.493 e. The van der Waals surface area contributed by atoms with Crippen molar-refractivity contribution in [1.82, 2.24) is 5.16 Å². The summed E-state index contributed by atoms with van der Waals surface area (Å²) in [6, 6.07) is 7.82. The lowest BCUT2D eigenvalue weighted by Crippen LogP contribution is -2.19. The molecule has 3 rings (SSSR count). The first-order valence-electron chi connectivity index (χ1n) is 6.68. The minimum absolute atomic E-state index is 0.321. The lowest BCUT2D eigenvalue weighted by molar-refractivity contribution is 0.181. The summed E-state index contributed by atoms with van der Waals surface area (Å²) in [7, 11) is 0. The fourth-order valence-electron chi connectivity index (χ4n) is 2.25. The first-order valence-corrected chi connectivity index (χ1v) is 6.68. The van der Waals surface area contributed by atoms with Gasteiger partial charge in [0, 0.05) is 11.6 Å². The number of nitrogen functional groups attached to an aromatic ring is 1. The molecule has 0 unspecified atom stereocenters. The number of hydrogen-bond donors (Lipinski definition) is 1. The smallest absolute Gasteiger partial charge is 0.222 e. The zero-order chi connectivity index (χ0) is 13.2. The summed E-state index contributed by atoms with van der Waals surface area (Å²) >= 11 is 0. The summed E-state index contributed by atoms with van der Waals surface area (Å²) in [4.78, 5) is 0. The van der Waals surface area contributed by atoms with Crippen LogP contribution in [0.25, 0.3) is 11.3 Å². The Balaban J connectivity index is 1.85. The Hall–Kier alpha value is -1.97. The Bertz CT molecular complexity index is 573. The lowest BCUT2D eigenvalue weighted by Gasteiger charge is -2.25. The van der Waals surface area contributed by atoms with Gasteiger partial charge in [0.15, 0.2) is 0 Å². The molecular formula is C15H18N2O2. The van der Waals surface area contributed by atoms with Gasteiger partial charge in [-0.05, 0) is 37.8 Å². The van der Waals surface area contributed by atoms with Gasteiger partial charge in [-0.25, -0.2) is 0 Å². The van der Waals surface area contributed by atoms with E-state index in [1.807, 2.05) is 25.1 Å².